The molecule has 1 rings (SSSR count). The average molecular weight is 338 g/mol. The lowest BCUT2D eigenvalue weighted by molar-refractivity contribution is -0.127. The number of thioether (sulfide) groups is 1. The van der Waals surface area contributed by atoms with Gasteiger partial charge in [-0.3, -0.25) is 10.1 Å². The number of nitrogens with one attached hydrogen (secondary N) is 2. The van der Waals surface area contributed by atoms with Crippen molar-refractivity contribution >= 4 is 29.7 Å². The minimum atomic E-state index is -1.08. The van der Waals surface area contributed by atoms with Gasteiger partial charge in [0, 0.05) is 10.4 Å². The van der Waals surface area contributed by atoms with Crippen molar-refractivity contribution in [1.82, 2.24) is 10.6 Å². The molecule has 6 nitrogen and oxygen atoms in total. The van der Waals surface area contributed by atoms with Gasteiger partial charge in [0.05, 0.1) is 5.56 Å². The molecule has 3 amide bonds. The van der Waals surface area contributed by atoms with Crippen LogP contribution in [-0.2, 0) is 9.53 Å². The van der Waals surface area contributed by atoms with E-state index < -0.39 is 29.6 Å². The zero-order chi connectivity index (χ0) is 17.6. The molecular weight excluding hydrogens is 316 g/mol. The van der Waals surface area contributed by atoms with Crippen LogP contribution in [0.5, 0.6) is 0 Å². The van der Waals surface area contributed by atoms with Crippen molar-refractivity contribution in [2.45, 2.75) is 44.2 Å². The second kappa shape index (κ2) is 8.01. The molecule has 0 saturated heterocycles. The van der Waals surface area contributed by atoms with Crippen LogP contribution in [0.15, 0.2) is 29.2 Å². The van der Waals surface area contributed by atoms with E-state index in [4.69, 9.17) is 4.74 Å². The van der Waals surface area contributed by atoms with Crippen LogP contribution < -0.4 is 10.6 Å². The number of amides is 3. The normalized spacial score (nSPS) is 12.2. The van der Waals surface area contributed by atoms with Gasteiger partial charge in [-0.25, -0.2) is 9.59 Å². The molecule has 1 aromatic rings. The molecule has 0 aliphatic rings. The van der Waals surface area contributed by atoms with Crippen molar-refractivity contribution < 1.29 is 19.1 Å². The van der Waals surface area contributed by atoms with Crippen LogP contribution in [0.25, 0.3) is 0 Å². The highest BCUT2D eigenvalue weighted by atomic mass is 32.2. The molecular formula is C16H22N2O4S. The number of hydrogen-bond donors (Lipinski definition) is 2. The summed E-state index contributed by atoms with van der Waals surface area (Å²) in [6.07, 6.45) is 0.857. The number of urea groups is 1. The van der Waals surface area contributed by atoms with Gasteiger partial charge in [-0.15, -0.1) is 11.8 Å². The van der Waals surface area contributed by atoms with Crippen molar-refractivity contribution in [1.29, 1.82) is 0 Å². The Morgan fingerprint density at radius 2 is 1.70 bits per heavy atom. The van der Waals surface area contributed by atoms with Gasteiger partial charge in [-0.1, -0.05) is 0 Å². The summed E-state index contributed by atoms with van der Waals surface area (Å²) in [5.41, 5.74) is -0.120. The predicted molar refractivity (Wildman–Crippen MR) is 89.5 cm³/mol. The van der Waals surface area contributed by atoms with Crippen molar-refractivity contribution in [2.24, 2.45) is 0 Å². The lowest BCUT2D eigenvalue weighted by Crippen LogP contribution is -2.50. The van der Waals surface area contributed by atoms with Gasteiger partial charge >= 0.3 is 12.0 Å². The molecule has 0 aliphatic carbocycles. The van der Waals surface area contributed by atoms with Crippen LogP contribution >= 0.6 is 11.8 Å². The molecule has 23 heavy (non-hydrogen) atoms. The first-order valence-electron chi connectivity index (χ1n) is 7.10. The Bertz CT molecular complexity index is 579. The van der Waals surface area contributed by atoms with Crippen LogP contribution in [-0.4, -0.2) is 35.8 Å². The summed E-state index contributed by atoms with van der Waals surface area (Å²) in [6, 6.07) is 6.22. The van der Waals surface area contributed by atoms with Gasteiger partial charge < -0.3 is 10.1 Å². The summed E-state index contributed by atoms with van der Waals surface area (Å²) in [5, 5.41) is 4.73. The second-order valence-corrected chi connectivity index (χ2v) is 6.85. The fourth-order valence-corrected chi connectivity index (χ4v) is 2.00. The van der Waals surface area contributed by atoms with Gasteiger partial charge in [0.2, 0.25) is 0 Å². The highest BCUT2D eigenvalue weighted by molar-refractivity contribution is 7.98. The number of benzene rings is 1. The second-order valence-electron chi connectivity index (χ2n) is 5.97. The number of ether oxygens (including phenoxy) is 1. The Morgan fingerprint density at radius 3 is 2.17 bits per heavy atom. The molecule has 126 valence electrons. The van der Waals surface area contributed by atoms with E-state index in [0.717, 1.165) is 4.90 Å². The third-order valence-electron chi connectivity index (χ3n) is 2.70. The maximum Gasteiger partial charge on any atom is 0.338 e. The maximum atomic E-state index is 12.0. The van der Waals surface area contributed by atoms with Gasteiger partial charge in [0.25, 0.3) is 5.91 Å². The zero-order valence-electron chi connectivity index (χ0n) is 13.9. The average Bonchev–Trinajstić information content (AvgIpc) is 2.45. The van der Waals surface area contributed by atoms with Gasteiger partial charge in [-0.05, 0) is 58.2 Å². The van der Waals surface area contributed by atoms with E-state index in [9.17, 15) is 14.4 Å². The fraction of sp³-hybridized carbons (Fsp3) is 0.438. The molecule has 0 unspecified atom stereocenters. The van der Waals surface area contributed by atoms with Crippen molar-refractivity contribution in [3.63, 3.8) is 0 Å². The van der Waals surface area contributed by atoms with E-state index in [-0.39, 0.29) is 0 Å². The number of carbonyl (C=O) groups excluding carboxylic acids is 3. The van der Waals surface area contributed by atoms with E-state index >= 15 is 0 Å². The van der Waals surface area contributed by atoms with Crippen LogP contribution in [0, 0.1) is 0 Å². The molecule has 0 bridgehead atoms. The summed E-state index contributed by atoms with van der Waals surface area (Å²) >= 11 is 1.56. The van der Waals surface area contributed by atoms with Crippen molar-refractivity contribution in [3.8, 4) is 0 Å². The zero-order valence-corrected chi connectivity index (χ0v) is 14.7. The molecule has 0 fully saturated rings. The maximum absolute atomic E-state index is 12.0. The van der Waals surface area contributed by atoms with Crippen molar-refractivity contribution in [2.75, 3.05) is 6.26 Å². The largest absolute Gasteiger partial charge is 0.449 e. The minimum Gasteiger partial charge on any atom is -0.449 e. The van der Waals surface area contributed by atoms with Gasteiger partial charge in [0.15, 0.2) is 6.10 Å². The lowest BCUT2D eigenvalue weighted by Gasteiger charge is -2.21. The Morgan fingerprint density at radius 1 is 1.13 bits per heavy atom. The first-order chi connectivity index (χ1) is 10.6. The number of hydrogen-bond acceptors (Lipinski definition) is 5. The first-order valence-corrected chi connectivity index (χ1v) is 8.33. The van der Waals surface area contributed by atoms with E-state index in [2.05, 4.69) is 10.6 Å². The molecule has 0 aromatic heterocycles. The lowest BCUT2D eigenvalue weighted by atomic mass is 10.1. The van der Waals surface area contributed by atoms with E-state index in [1.807, 2.05) is 6.26 Å². The molecule has 0 heterocycles. The van der Waals surface area contributed by atoms with E-state index in [0.29, 0.717) is 5.56 Å². The highest BCUT2D eigenvalue weighted by Crippen LogP contribution is 2.15. The third kappa shape index (κ3) is 6.73. The number of imide groups is 1. The quantitative estimate of drug-likeness (QED) is 0.651. The summed E-state index contributed by atoms with van der Waals surface area (Å²) in [5.74, 6) is -1.29. The fourth-order valence-electron chi connectivity index (χ4n) is 1.59. The summed E-state index contributed by atoms with van der Waals surface area (Å²) in [4.78, 5) is 36.5. The van der Waals surface area contributed by atoms with E-state index in [1.54, 1.807) is 56.8 Å². The SMILES string of the molecule is CSc1ccc(C(=O)O[C@H](C)C(=O)NC(=O)NC(C)(C)C)cc1. The van der Waals surface area contributed by atoms with Crippen LogP contribution in [0.4, 0.5) is 4.79 Å². The molecule has 1 atom stereocenters. The Kier molecular flexibility index (Phi) is 6.62. The van der Waals surface area contributed by atoms with Gasteiger partial charge in [0.1, 0.15) is 0 Å². The predicted octanol–water partition coefficient (Wildman–Crippen LogP) is 2.58. The summed E-state index contributed by atoms with van der Waals surface area (Å²) in [7, 11) is 0. The molecule has 0 radical (unpaired) electrons. The number of esters is 1. The van der Waals surface area contributed by atoms with Gasteiger partial charge in [-0.2, -0.15) is 0 Å². The molecule has 0 aliphatic heterocycles. The molecule has 0 saturated carbocycles. The monoisotopic (exact) mass is 338 g/mol. The topological polar surface area (TPSA) is 84.5 Å². The summed E-state index contributed by atoms with van der Waals surface area (Å²) < 4.78 is 5.06. The minimum absolute atomic E-state index is 0.349. The molecule has 2 N–H and O–H groups in total. The van der Waals surface area contributed by atoms with Crippen LogP contribution in [0.1, 0.15) is 38.1 Å². The molecule has 1 aromatic carbocycles. The molecule has 0 spiro atoms. The van der Waals surface area contributed by atoms with E-state index in [1.165, 1.54) is 6.92 Å². The Labute approximate surface area is 140 Å². The smallest absolute Gasteiger partial charge is 0.338 e. The summed E-state index contributed by atoms with van der Waals surface area (Å²) in [6.45, 7) is 6.78. The first kappa shape index (κ1) is 19.0. The Hall–Kier alpha value is -2.02. The standard InChI is InChI=1S/C16H22N2O4S/c1-10(13(19)17-15(21)18-16(2,3)4)22-14(20)11-6-8-12(23-5)9-7-11/h6-10H,1-5H3,(H2,17,18,19,21)/t10-/m1/s1. The number of rotatable bonds is 4. The highest BCUT2D eigenvalue weighted by Gasteiger charge is 2.22. The molecule has 7 heteroatoms. The van der Waals surface area contributed by atoms with Crippen molar-refractivity contribution in [3.05, 3.63) is 29.8 Å². The van der Waals surface area contributed by atoms with Crippen LogP contribution in [0.2, 0.25) is 0 Å². The van der Waals surface area contributed by atoms with Crippen LogP contribution in [0.3, 0.4) is 0 Å². The number of carbonyl (C=O) groups is 3. The third-order valence-corrected chi connectivity index (χ3v) is 3.45. The Balaban J connectivity index is 2.56.